The van der Waals surface area contributed by atoms with Gasteiger partial charge in [-0.3, -0.25) is 0 Å². The van der Waals surface area contributed by atoms with E-state index in [1.807, 2.05) is 91.0 Å². The Morgan fingerprint density at radius 1 is 0.388 bits per heavy atom. The Hall–Kier alpha value is -2.56. The summed E-state index contributed by atoms with van der Waals surface area (Å²) in [5.74, 6) is 0. The van der Waals surface area contributed by atoms with Crippen LogP contribution >= 0.6 is 62.4 Å². The molecule has 0 amide bonds. The zero-order valence-electron chi connectivity index (χ0n) is 29.0. The Morgan fingerprint density at radius 2 is 0.612 bits per heavy atom. The van der Waals surface area contributed by atoms with Crippen LogP contribution in [0.25, 0.3) is 0 Å². The average molecular weight is 912 g/mol. The highest BCUT2D eigenvalue weighted by Crippen LogP contribution is 2.51. The van der Waals surface area contributed by atoms with Crippen molar-refractivity contribution in [3.8, 4) is 0 Å². The van der Waals surface area contributed by atoms with Crippen LogP contribution in [0.15, 0.2) is 182 Å². The van der Waals surface area contributed by atoms with Gasteiger partial charge >= 0.3 is 0 Å². The van der Waals surface area contributed by atoms with Crippen molar-refractivity contribution in [3.63, 3.8) is 0 Å². The Kier molecular flexibility index (Phi) is 20.0. The molecule has 0 aliphatic heterocycles. The summed E-state index contributed by atoms with van der Waals surface area (Å²) in [5, 5.41) is 6.90. The second-order valence-electron chi connectivity index (χ2n) is 11.7. The van der Waals surface area contributed by atoms with Crippen LogP contribution < -0.4 is 31.8 Å². The smallest absolute Gasteiger partial charge is 0.171 e. The van der Waals surface area contributed by atoms with Crippen molar-refractivity contribution in [1.29, 1.82) is 0 Å². The lowest BCUT2D eigenvalue weighted by Crippen LogP contribution is -2.30. The van der Waals surface area contributed by atoms with E-state index in [1.54, 1.807) is 0 Å². The standard InChI is InChI=1S/C19H18P.C18H15OP.C7H16.2HI/c1-20(17-11-5-2-6-12-17,18-13-7-3-8-14-18)19-15-9-4-10-16-19;19-20(16-10-4-1-5-11-16,17-12-6-2-7-13-17)18-14-8-3-9-15-18;1-3-5-7-6-4-2;;/h2-16H,1H3;1-15H;3-7H2,1-2H3;2*1H/q+1;;;;. The molecule has 0 aliphatic carbocycles. The quantitative estimate of drug-likeness (QED) is 0.0760. The normalized spacial score (nSPS) is 10.5. The molecule has 0 heterocycles. The van der Waals surface area contributed by atoms with Gasteiger partial charge in [0, 0.05) is 15.9 Å². The number of hydrogen-bond donors (Lipinski definition) is 0. The Balaban J connectivity index is 0.000000277. The molecule has 0 radical (unpaired) electrons. The first-order chi connectivity index (χ1) is 23.0. The molecule has 0 N–H and O–H groups in total. The molecule has 256 valence electrons. The van der Waals surface area contributed by atoms with Crippen molar-refractivity contribution in [2.45, 2.75) is 46.0 Å². The minimum Gasteiger partial charge on any atom is -0.309 e. The van der Waals surface area contributed by atoms with Crippen LogP contribution in [0.3, 0.4) is 0 Å². The van der Waals surface area contributed by atoms with Gasteiger partial charge in [0.2, 0.25) is 0 Å². The molecule has 6 aromatic carbocycles. The SMILES string of the molecule is CCCCCCC.C[P+](c1ccccc1)(c1ccccc1)c1ccccc1.I.I.O=P(c1ccccc1)(c1ccccc1)c1ccccc1. The Morgan fingerprint density at radius 3 is 0.837 bits per heavy atom. The number of halogens is 2. The van der Waals surface area contributed by atoms with Crippen molar-refractivity contribution in [2.24, 2.45) is 0 Å². The molecule has 5 heteroatoms. The maximum Gasteiger partial charge on any atom is 0.171 e. The molecule has 0 unspecified atom stereocenters. The first-order valence-corrected chi connectivity index (χ1v) is 20.8. The van der Waals surface area contributed by atoms with E-state index in [2.05, 4.69) is 112 Å². The highest BCUT2D eigenvalue weighted by molar-refractivity contribution is 14.0. The van der Waals surface area contributed by atoms with Gasteiger partial charge in [-0.2, -0.15) is 0 Å². The van der Waals surface area contributed by atoms with Crippen LogP contribution in [0, 0.1) is 0 Å². The molecule has 0 spiro atoms. The topological polar surface area (TPSA) is 17.1 Å². The Labute approximate surface area is 330 Å². The molecule has 6 rings (SSSR count). The predicted octanol–water partition coefficient (Wildman–Crippen LogP) is 11.1. The monoisotopic (exact) mass is 911 g/mol. The van der Waals surface area contributed by atoms with Crippen LogP contribution in [0.5, 0.6) is 0 Å². The second kappa shape index (κ2) is 23.0. The third-order valence-corrected chi connectivity index (χ3v) is 15.5. The fraction of sp³-hybridized carbons (Fsp3) is 0.182. The molecule has 0 saturated carbocycles. The lowest BCUT2D eigenvalue weighted by molar-refractivity contribution is 0.592. The summed E-state index contributed by atoms with van der Waals surface area (Å²) in [4.78, 5) is 0. The average Bonchev–Trinajstić information content (AvgIpc) is 3.17. The van der Waals surface area contributed by atoms with Gasteiger partial charge in [-0.25, -0.2) is 0 Å². The van der Waals surface area contributed by atoms with Crippen molar-refractivity contribution >= 4 is 94.2 Å². The van der Waals surface area contributed by atoms with Gasteiger partial charge in [0.05, 0.1) is 6.66 Å². The largest absolute Gasteiger partial charge is 0.309 e. The van der Waals surface area contributed by atoms with Crippen LogP contribution in [0.1, 0.15) is 46.0 Å². The fourth-order valence-electron chi connectivity index (χ4n) is 5.66. The fourth-order valence-corrected chi connectivity index (χ4v) is 11.5. The summed E-state index contributed by atoms with van der Waals surface area (Å²) in [7, 11) is -4.30. The van der Waals surface area contributed by atoms with Crippen molar-refractivity contribution in [2.75, 3.05) is 6.66 Å². The van der Waals surface area contributed by atoms with E-state index in [0.29, 0.717) is 0 Å². The zero-order valence-corrected chi connectivity index (χ0v) is 35.4. The summed E-state index contributed by atoms with van der Waals surface area (Å²) < 4.78 is 13.8. The zero-order chi connectivity index (χ0) is 33.2. The minimum atomic E-state index is -2.78. The third kappa shape index (κ3) is 11.7. The Bertz CT molecular complexity index is 1530. The molecular formula is C44H51I2OP2+. The van der Waals surface area contributed by atoms with Gasteiger partial charge in [-0.05, 0) is 36.4 Å². The van der Waals surface area contributed by atoms with Gasteiger partial charge < -0.3 is 4.57 Å². The minimum absolute atomic E-state index is 0. The van der Waals surface area contributed by atoms with Crippen LogP contribution in [-0.4, -0.2) is 6.66 Å². The number of hydrogen-bond acceptors (Lipinski definition) is 1. The second-order valence-corrected chi connectivity index (χ2v) is 18.0. The first kappa shape index (κ1) is 42.6. The van der Waals surface area contributed by atoms with E-state index in [1.165, 1.54) is 48.0 Å². The third-order valence-electron chi connectivity index (χ3n) is 8.38. The van der Waals surface area contributed by atoms with E-state index in [0.717, 1.165) is 15.9 Å². The summed E-state index contributed by atoms with van der Waals surface area (Å²) >= 11 is 0. The molecule has 6 aromatic rings. The van der Waals surface area contributed by atoms with Gasteiger partial charge in [0.15, 0.2) is 7.14 Å². The molecule has 0 saturated heterocycles. The van der Waals surface area contributed by atoms with Gasteiger partial charge in [0.1, 0.15) is 23.2 Å². The van der Waals surface area contributed by atoms with E-state index >= 15 is 0 Å². The molecule has 0 aromatic heterocycles. The molecule has 0 fully saturated rings. The lowest BCUT2D eigenvalue weighted by atomic mass is 10.2. The summed E-state index contributed by atoms with van der Waals surface area (Å²) in [6.07, 6.45) is 7.01. The van der Waals surface area contributed by atoms with E-state index in [9.17, 15) is 4.57 Å². The maximum atomic E-state index is 13.8. The number of benzene rings is 6. The highest BCUT2D eigenvalue weighted by Gasteiger charge is 2.39. The lowest BCUT2D eigenvalue weighted by Gasteiger charge is -2.22. The van der Waals surface area contributed by atoms with Gasteiger partial charge in [-0.1, -0.05) is 192 Å². The van der Waals surface area contributed by atoms with E-state index in [4.69, 9.17) is 0 Å². The van der Waals surface area contributed by atoms with Crippen molar-refractivity contribution < 1.29 is 4.57 Å². The van der Waals surface area contributed by atoms with E-state index < -0.39 is 14.4 Å². The molecular weight excluding hydrogens is 860 g/mol. The summed E-state index contributed by atoms with van der Waals surface area (Å²) in [6, 6.07) is 61.8. The highest BCUT2D eigenvalue weighted by atomic mass is 127. The molecule has 1 nitrogen and oxygen atoms in total. The number of rotatable bonds is 10. The molecule has 49 heavy (non-hydrogen) atoms. The van der Waals surface area contributed by atoms with Crippen LogP contribution in [0.2, 0.25) is 0 Å². The van der Waals surface area contributed by atoms with E-state index in [-0.39, 0.29) is 48.0 Å². The van der Waals surface area contributed by atoms with Crippen molar-refractivity contribution in [3.05, 3.63) is 182 Å². The van der Waals surface area contributed by atoms with Crippen LogP contribution in [0.4, 0.5) is 0 Å². The first-order valence-electron chi connectivity index (χ1n) is 16.8. The van der Waals surface area contributed by atoms with Gasteiger partial charge in [-0.15, -0.1) is 48.0 Å². The predicted molar refractivity (Wildman–Crippen MR) is 242 cm³/mol. The summed E-state index contributed by atoms with van der Waals surface area (Å²) in [5.41, 5.74) is 0. The molecule has 0 aliphatic rings. The molecule has 0 atom stereocenters. The maximum absolute atomic E-state index is 13.8. The van der Waals surface area contributed by atoms with Gasteiger partial charge in [0.25, 0.3) is 0 Å². The summed E-state index contributed by atoms with van der Waals surface area (Å²) in [6.45, 7) is 6.90. The van der Waals surface area contributed by atoms with Crippen LogP contribution in [-0.2, 0) is 4.57 Å². The number of unbranched alkanes of at least 4 members (excludes halogenated alkanes) is 4. The molecule has 0 bridgehead atoms. The van der Waals surface area contributed by atoms with Crippen molar-refractivity contribution in [1.82, 2.24) is 0 Å².